The number of hydrogen-bond donors (Lipinski definition) is 0. The monoisotopic (exact) mass is 459 g/mol. The third-order valence-electron chi connectivity index (χ3n) is 6.95. The van der Waals surface area contributed by atoms with Crippen LogP contribution in [0.15, 0.2) is 77.3 Å². The van der Waals surface area contributed by atoms with E-state index in [4.69, 9.17) is 9.40 Å². The predicted molar refractivity (Wildman–Crippen MR) is 144 cm³/mol. The van der Waals surface area contributed by atoms with Crippen LogP contribution in [-0.2, 0) is 0 Å². The Balaban J connectivity index is 1.80. The van der Waals surface area contributed by atoms with Crippen LogP contribution in [0.5, 0.6) is 0 Å². The lowest BCUT2D eigenvalue weighted by Gasteiger charge is -2.23. The van der Waals surface area contributed by atoms with Crippen LogP contribution in [0.4, 0.5) is 0 Å². The molecule has 6 aromatic rings. The average molecular weight is 460 g/mol. The van der Waals surface area contributed by atoms with E-state index in [1.54, 1.807) is 0 Å². The number of rotatable bonds is 4. The number of hydrogen-bond acceptors (Lipinski definition) is 3. The van der Waals surface area contributed by atoms with Crippen molar-refractivity contribution >= 4 is 33.1 Å². The van der Waals surface area contributed by atoms with Gasteiger partial charge < -0.3 is 4.42 Å². The van der Waals surface area contributed by atoms with Crippen LogP contribution in [0.3, 0.4) is 0 Å². The summed E-state index contributed by atoms with van der Waals surface area (Å²) >= 11 is 0. The molecule has 0 unspecified atom stereocenters. The third-order valence-corrected chi connectivity index (χ3v) is 6.95. The van der Waals surface area contributed by atoms with Gasteiger partial charge in [-0.25, -0.2) is 4.98 Å². The summed E-state index contributed by atoms with van der Waals surface area (Å²) in [6, 6.07) is 23.3. The first-order valence-corrected chi connectivity index (χ1v) is 12.3. The minimum Gasteiger partial charge on any atom is -0.454 e. The highest BCUT2D eigenvalue weighted by atomic mass is 16.3. The Hall–Kier alpha value is -3.92. The molecule has 0 radical (unpaired) electrons. The van der Waals surface area contributed by atoms with Gasteiger partial charge in [0.2, 0.25) is 0 Å². The first-order chi connectivity index (χ1) is 17.0. The lowest BCUT2D eigenvalue weighted by Crippen LogP contribution is -2.09. The van der Waals surface area contributed by atoms with Crippen LogP contribution in [0.25, 0.3) is 50.2 Å². The molecule has 3 aromatic heterocycles. The van der Waals surface area contributed by atoms with Crippen molar-refractivity contribution in [1.29, 1.82) is 0 Å². The van der Waals surface area contributed by atoms with Crippen LogP contribution in [-0.4, -0.2) is 14.5 Å². The quantitative estimate of drug-likeness (QED) is 0.265. The van der Waals surface area contributed by atoms with Gasteiger partial charge in [0.05, 0.1) is 22.3 Å². The van der Waals surface area contributed by atoms with Crippen LogP contribution in [0, 0.1) is 6.92 Å². The maximum Gasteiger partial charge on any atom is 0.153 e. The number of aryl methyl sites for hydroxylation is 1. The zero-order chi connectivity index (χ0) is 24.3. The fourth-order valence-electron chi connectivity index (χ4n) is 5.23. The van der Waals surface area contributed by atoms with E-state index in [-0.39, 0.29) is 0 Å². The summed E-state index contributed by atoms with van der Waals surface area (Å²) in [5.41, 5.74) is 10.6. The van der Waals surface area contributed by atoms with Gasteiger partial charge in [-0.1, -0.05) is 64.1 Å². The largest absolute Gasteiger partial charge is 0.454 e. The first kappa shape index (κ1) is 21.6. The molecule has 0 atom stereocenters. The van der Waals surface area contributed by atoms with Crippen molar-refractivity contribution in [1.82, 2.24) is 14.5 Å². The standard InChI is InChI=1S/C31H29N3O/c1-18(2)21-10-8-11-22(19(3)4)29(21)34-25-13-7-6-12-24(25)33-31(34)27-20(5)15-16-23-28-26(35-30(23)27)14-9-17-32-28/h6-19H,1-5H3. The van der Waals surface area contributed by atoms with E-state index in [9.17, 15) is 0 Å². The second-order valence-corrected chi connectivity index (χ2v) is 9.94. The van der Waals surface area contributed by atoms with Gasteiger partial charge in [-0.05, 0) is 65.8 Å². The Bertz CT molecular complexity index is 1690. The van der Waals surface area contributed by atoms with Crippen LogP contribution in [0.1, 0.15) is 56.2 Å². The van der Waals surface area contributed by atoms with E-state index >= 15 is 0 Å². The second kappa shape index (κ2) is 8.09. The molecular formula is C31H29N3O. The molecule has 0 amide bonds. The summed E-state index contributed by atoms with van der Waals surface area (Å²) in [6.07, 6.45) is 1.82. The lowest BCUT2D eigenvalue weighted by molar-refractivity contribution is 0.668. The van der Waals surface area contributed by atoms with Crippen molar-refractivity contribution in [3.8, 4) is 17.1 Å². The smallest absolute Gasteiger partial charge is 0.153 e. The minimum absolute atomic E-state index is 0.366. The van der Waals surface area contributed by atoms with Crippen molar-refractivity contribution in [2.75, 3.05) is 0 Å². The number of nitrogens with zero attached hydrogens (tertiary/aromatic N) is 3. The number of para-hydroxylation sites is 3. The second-order valence-electron chi connectivity index (χ2n) is 9.94. The predicted octanol–water partition coefficient (Wildman–Crippen LogP) is 8.54. The number of benzene rings is 3. The highest BCUT2D eigenvalue weighted by molar-refractivity contribution is 6.08. The highest BCUT2D eigenvalue weighted by Gasteiger charge is 2.25. The maximum absolute atomic E-state index is 6.45. The highest BCUT2D eigenvalue weighted by Crippen LogP contribution is 2.41. The molecule has 0 N–H and O–H groups in total. The van der Waals surface area contributed by atoms with Gasteiger partial charge in [0.1, 0.15) is 16.9 Å². The molecule has 4 nitrogen and oxygen atoms in total. The van der Waals surface area contributed by atoms with Crippen molar-refractivity contribution < 1.29 is 4.42 Å². The van der Waals surface area contributed by atoms with Crippen molar-refractivity contribution in [3.63, 3.8) is 0 Å². The number of fused-ring (bicyclic) bond motifs is 4. The molecule has 0 aliphatic carbocycles. The lowest BCUT2D eigenvalue weighted by atomic mass is 9.92. The number of aromatic nitrogens is 3. The molecule has 0 aliphatic heterocycles. The Morgan fingerprint density at radius 1 is 0.800 bits per heavy atom. The van der Waals surface area contributed by atoms with Crippen molar-refractivity contribution in [2.45, 2.75) is 46.5 Å². The van der Waals surface area contributed by atoms with Gasteiger partial charge in [-0.15, -0.1) is 0 Å². The fraction of sp³-hybridized carbons (Fsp3) is 0.226. The molecule has 35 heavy (non-hydrogen) atoms. The summed E-state index contributed by atoms with van der Waals surface area (Å²) in [7, 11) is 0. The first-order valence-electron chi connectivity index (χ1n) is 12.3. The molecule has 0 fully saturated rings. The molecule has 3 aromatic carbocycles. The molecule has 0 aliphatic rings. The summed E-state index contributed by atoms with van der Waals surface area (Å²) in [5.74, 6) is 1.64. The van der Waals surface area contributed by atoms with Crippen LogP contribution in [0.2, 0.25) is 0 Å². The van der Waals surface area contributed by atoms with E-state index in [0.29, 0.717) is 11.8 Å². The average Bonchev–Trinajstić information content (AvgIpc) is 3.41. The van der Waals surface area contributed by atoms with Gasteiger partial charge in [0.25, 0.3) is 0 Å². The van der Waals surface area contributed by atoms with E-state index in [0.717, 1.165) is 50.1 Å². The van der Waals surface area contributed by atoms with Crippen LogP contribution < -0.4 is 0 Å². The number of imidazole rings is 1. The number of pyridine rings is 1. The maximum atomic E-state index is 6.45. The summed E-state index contributed by atoms with van der Waals surface area (Å²) < 4.78 is 8.81. The van der Waals surface area contributed by atoms with Gasteiger partial charge in [-0.3, -0.25) is 9.55 Å². The van der Waals surface area contributed by atoms with E-state index in [1.165, 1.54) is 16.8 Å². The summed E-state index contributed by atoms with van der Waals surface area (Å²) in [6.45, 7) is 11.2. The zero-order valence-electron chi connectivity index (χ0n) is 20.8. The van der Waals surface area contributed by atoms with Gasteiger partial charge >= 0.3 is 0 Å². The van der Waals surface area contributed by atoms with E-state index < -0.39 is 0 Å². The molecule has 0 bridgehead atoms. The molecule has 174 valence electrons. The Kier molecular flexibility index (Phi) is 4.99. The Morgan fingerprint density at radius 2 is 1.54 bits per heavy atom. The number of furan rings is 1. The van der Waals surface area contributed by atoms with Gasteiger partial charge in [-0.2, -0.15) is 0 Å². The molecule has 6 rings (SSSR count). The van der Waals surface area contributed by atoms with Crippen molar-refractivity contribution in [2.24, 2.45) is 0 Å². The molecule has 0 spiro atoms. The molecule has 3 heterocycles. The van der Waals surface area contributed by atoms with E-state index in [2.05, 4.69) is 98.8 Å². The van der Waals surface area contributed by atoms with Gasteiger partial charge in [0.15, 0.2) is 5.58 Å². The molecular weight excluding hydrogens is 430 g/mol. The van der Waals surface area contributed by atoms with E-state index in [1.807, 2.05) is 18.3 Å². The topological polar surface area (TPSA) is 43.9 Å². The Labute approximate surface area is 205 Å². The van der Waals surface area contributed by atoms with Gasteiger partial charge in [0, 0.05) is 11.6 Å². The third kappa shape index (κ3) is 3.28. The summed E-state index contributed by atoms with van der Waals surface area (Å²) in [5, 5.41) is 1.01. The molecule has 4 heteroatoms. The minimum atomic E-state index is 0.366. The normalized spacial score (nSPS) is 12.1. The SMILES string of the molecule is Cc1ccc2c(oc3cccnc32)c1-c1nc2ccccc2n1-c1c(C(C)C)cccc1C(C)C. The van der Waals surface area contributed by atoms with Crippen molar-refractivity contribution in [3.05, 3.63) is 89.6 Å². The fourth-order valence-corrected chi connectivity index (χ4v) is 5.23. The Morgan fingerprint density at radius 3 is 2.29 bits per heavy atom. The van der Waals surface area contributed by atoms with Crippen LogP contribution >= 0.6 is 0 Å². The zero-order valence-corrected chi connectivity index (χ0v) is 20.8. The molecule has 0 saturated carbocycles. The molecule has 0 saturated heterocycles. The summed E-state index contributed by atoms with van der Waals surface area (Å²) in [4.78, 5) is 9.83.